The van der Waals surface area contributed by atoms with Crippen molar-refractivity contribution in [2.24, 2.45) is 11.7 Å². The topological polar surface area (TPSA) is 139 Å². The monoisotopic (exact) mass is 304 g/mol. The van der Waals surface area contributed by atoms with Crippen LogP contribution in [0.1, 0.15) is 18.9 Å². The van der Waals surface area contributed by atoms with Crippen LogP contribution in [0.2, 0.25) is 0 Å². The van der Waals surface area contributed by atoms with Gasteiger partial charge in [0.1, 0.15) is 6.04 Å². The molecule has 116 valence electrons. The van der Waals surface area contributed by atoms with Crippen molar-refractivity contribution >= 4 is 17.5 Å². The summed E-state index contributed by atoms with van der Waals surface area (Å²) in [6.07, 6.45) is -0.0462. The van der Waals surface area contributed by atoms with Gasteiger partial charge in [0.15, 0.2) is 0 Å². The highest BCUT2D eigenvalue weighted by Gasteiger charge is 2.24. The highest BCUT2D eigenvalue weighted by molar-refractivity contribution is 5.87. The molecular weight excluding hydrogens is 288 g/mol. The number of hydrogen-bond acceptors (Lipinski definition) is 5. The first kappa shape index (κ1) is 17.1. The van der Waals surface area contributed by atoms with Gasteiger partial charge in [0.2, 0.25) is 11.8 Å². The summed E-state index contributed by atoms with van der Waals surface area (Å²) < 4.78 is 0. The lowest BCUT2D eigenvalue weighted by molar-refractivity contribution is -0.384. The predicted octanol–water partition coefficient (Wildman–Crippen LogP) is 0.657. The fourth-order valence-electron chi connectivity index (χ4n) is 1.95. The van der Waals surface area contributed by atoms with Crippen molar-refractivity contribution in [3.05, 3.63) is 39.9 Å². The van der Waals surface area contributed by atoms with E-state index >= 15 is 0 Å². The van der Waals surface area contributed by atoms with Crippen LogP contribution in [0.5, 0.6) is 0 Å². The summed E-state index contributed by atoms with van der Waals surface area (Å²) in [6, 6.07) is 6.62. The number of nitrogens with two attached hydrogens (primary N) is 1. The Hall–Kier alpha value is -2.95. The largest absolute Gasteiger partial charge is 0.368 e. The quantitative estimate of drug-likeness (QED) is 0.562. The molecule has 0 aliphatic rings. The molecule has 22 heavy (non-hydrogen) atoms. The van der Waals surface area contributed by atoms with Crippen LogP contribution in [-0.2, 0) is 16.0 Å². The van der Waals surface area contributed by atoms with Crippen molar-refractivity contribution in [3.8, 4) is 6.07 Å². The number of nitro groups is 1. The molecule has 0 saturated carbocycles. The van der Waals surface area contributed by atoms with Crippen LogP contribution in [0.15, 0.2) is 24.3 Å². The van der Waals surface area contributed by atoms with Gasteiger partial charge in [0.05, 0.1) is 17.4 Å². The van der Waals surface area contributed by atoms with Crippen LogP contribution < -0.4 is 11.1 Å². The Morgan fingerprint density at radius 2 is 2.18 bits per heavy atom. The minimum atomic E-state index is -0.953. The van der Waals surface area contributed by atoms with Crippen LogP contribution >= 0.6 is 0 Å². The summed E-state index contributed by atoms with van der Waals surface area (Å²) in [4.78, 5) is 33.4. The van der Waals surface area contributed by atoms with Crippen molar-refractivity contribution in [3.63, 3.8) is 0 Å². The summed E-state index contributed by atoms with van der Waals surface area (Å²) in [5.74, 6) is -1.64. The van der Waals surface area contributed by atoms with E-state index in [9.17, 15) is 19.7 Å². The van der Waals surface area contributed by atoms with E-state index in [1.807, 2.05) is 6.07 Å². The normalized spacial score (nSPS) is 12.7. The molecule has 2 atom stereocenters. The third kappa shape index (κ3) is 4.86. The van der Waals surface area contributed by atoms with Gasteiger partial charge in [-0.3, -0.25) is 19.7 Å². The highest BCUT2D eigenvalue weighted by atomic mass is 16.6. The second kappa shape index (κ2) is 7.73. The Bertz CT molecular complexity index is 624. The zero-order valence-corrected chi connectivity index (χ0v) is 12.0. The second-order valence-electron chi connectivity index (χ2n) is 4.89. The number of nitriles is 1. The molecule has 0 heterocycles. The molecule has 0 fully saturated rings. The zero-order valence-electron chi connectivity index (χ0n) is 12.0. The van der Waals surface area contributed by atoms with E-state index < -0.39 is 28.7 Å². The summed E-state index contributed by atoms with van der Waals surface area (Å²) in [6.45, 7) is 1.63. The number of nitro benzene ring substituents is 1. The maximum atomic E-state index is 11.9. The standard InChI is InChI=1S/C14H16N4O4/c1-9(5-6-15)13(14(16)20)17-12(19)8-10-3-2-4-11(7-10)18(21)22/h2-4,7,9,13H,5,8H2,1H3,(H2,16,20)(H,17,19)/t9-,13+/m1/s1. The fraction of sp³-hybridized carbons (Fsp3) is 0.357. The van der Waals surface area contributed by atoms with Crippen LogP contribution in [0, 0.1) is 27.4 Å². The number of non-ortho nitro benzene ring substituents is 1. The van der Waals surface area contributed by atoms with E-state index in [-0.39, 0.29) is 18.5 Å². The molecule has 8 heteroatoms. The SMILES string of the molecule is C[C@H](CC#N)[C@H](NC(=O)Cc1cccc([N+](=O)[O-])c1)C(N)=O. The lowest BCUT2D eigenvalue weighted by Crippen LogP contribution is -2.48. The number of carbonyl (C=O) groups excluding carboxylic acids is 2. The Morgan fingerprint density at radius 3 is 2.73 bits per heavy atom. The van der Waals surface area contributed by atoms with E-state index in [2.05, 4.69) is 5.32 Å². The van der Waals surface area contributed by atoms with Crippen molar-refractivity contribution in [2.75, 3.05) is 0 Å². The lowest BCUT2D eigenvalue weighted by Gasteiger charge is -2.20. The van der Waals surface area contributed by atoms with Crippen molar-refractivity contribution < 1.29 is 14.5 Å². The average molecular weight is 304 g/mol. The fourth-order valence-corrected chi connectivity index (χ4v) is 1.95. The van der Waals surface area contributed by atoms with Gasteiger partial charge in [-0.1, -0.05) is 19.1 Å². The molecule has 2 amide bonds. The Labute approximate surface area is 127 Å². The lowest BCUT2D eigenvalue weighted by atomic mass is 9.98. The number of benzene rings is 1. The van der Waals surface area contributed by atoms with Gasteiger partial charge < -0.3 is 11.1 Å². The van der Waals surface area contributed by atoms with Crippen LogP contribution in [0.3, 0.4) is 0 Å². The molecule has 0 saturated heterocycles. The summed E-state index contributed by atoms with van der Waals surface area (Å²) in [7, 11) is 0. The summed E-state index contributed by atoms with van der Waals surface area (Å²) in [5, 5.41) is 21.8. The number of nitrogens with one attached hydrogen (secondary N) is 1. The van der Waals surface area contributed by atoms with Crippen LogP contribution in [0.25, 0.3) is 0 Å². The first-order valence-electron chi connectivity index (χ1n) is 6.54. The number of primary amides is 1. The number of hydrogen-bond donors (Lipinski definition) is 2. The Kier molecular flexibility index (Phi) is 6.01. The maximum absolute atomic E-state index is 11.9. The van der Waals surface area contributed by atoms with Crippen molar-refractivity contribution in [1.29, 1.82) is 5.26 Å². The molecule has 0 aromatic heterocycles. The smallest absolute Gasteiger partial charge is 0.269 e. The first-order chi connectivity index (χ1) is 10.3. The predicted molar refractivity (Wildman–Crippen MR) is 77.3 cm³/mol. The van der Waals surface area contributed by atoms with E-state index in [1.54, 1.807) is 13.0 Å². The van der Waals surface area contributed by atoms with Gasteiger partial charge in [0, 0.05) is 18.6 Å². The summed E-state index contributed by atoms with van der Waals surface area (Å²) in [5.41, 5.74) is 5.55. The second-order valence-corrected chi connectivity index (χ2v) is 4.89. The van der Waals surface area contributed by atoms with Gasteiger partial charge in [-0.15, -0.1) is 0 Å². The van der Waals surface area contributed by atoms with Crippen LogP contribution in [0.4, 0.5) is 5.69 Å². The minimum absolute atomic E-state index is 0.0741. The molecule has 1 aromatic rings. The minimum Gasteiger partial charge on any atom is -0.368 e. The van der Waals surface area contributed by atoms with E-state index in [4.69, 9.17) is 11.0 Å². The zero-order chi connectivity index (χ0) is 16.7. The summed E-state index contributed by atoms with van der Waals surface area (Å²) >= 11 is 0. The molecule has 0 radical (unpaired) electrons. The Morgan fingerprint density at radius 1 is 1.50 bits per heavy atom. The van der Waals surface area contributed by atoms with Gasteiger partial charge in [-0.25, -0.2) is 0 Å². The first-order valence-corrected chi connectivity index (χ1v) is 6.54. The molecule has 0 aliphatic carbocycles. The third-order valence-electron chi connectivity index (χ3n) is 3.09. The molecule has 1 rings (SSSR count). The van der Waals surface area contributed by atoms with E-state index in [1.165, 1.54) is 18.2 Å². The number of nitrogens with zero attached hydrogens (tertiary/aromatic N) is 2. The molecule has 3 N–H and O–H groups in total. The van der Waals surface area contributed by atoms with Crippen molar-refractivity contribution in [1.82, 2.24) is 5.32 Å². The maximum Gasteiger partial charge on any atom is 0.269 e. The Balaban J connectivity index is 2.76. The third-order valence-corrected chi connectivity index (χ3v) is 3.09. The number of carbonyl (C=O) groups is 2. The molecule has 0 unspecified atom stereocenters. The van der Waals surface area contributed by atoms with Gasteiger partial charge in [-0.05, 0) is 11.5 Å². The molecule has 0 aliphatic heterocycles. The average Bonchev–Trinajstić information content (AvgIpc) is 2.44. The van der Waals surface area contributed by atoms with Gasteiger partial charge >= 0.3 is 0 Å². The molecule has 8 nitrogen and oxygen atoms in total. The van der Waals surface area contributed by atoms with E-state index in [0.29, 0.717) is 5.56 Å². The van der Waals surface area contributed by atoms with Crippen LogP contribution in [-0.4, -0.2) is 22.8 Å². The van der Waals surface area contributed by atoms with Crippen molar-refractivity contribution in [2.45, 2.75) is 25.8 Å². The number of rotatable bonds is 7. The van der Waals surface area contributed by atoms with Gasteiger partial charge in [-0.2, -0.15) is 5.26 Å². The molecule has 0 spiro atoms. The highest BCUT2D eigenvalue weighted by Crippen LogP contribution is 2.14. The molecular formula is C14H16N4O4. The van der Waals surface area contributed by atoms with Gasteiger partial charge in [0.25, 0.3) is 5.69 Å². The molecule has 1 aromatic carbocycles. The number of amides is 2. The molecule has 0 bridgehead atoms. The van der Waals surface area contributed by atoms with E-state index in [0.717, 1.165) is 0 Å².